The Morgan fingerprint density at radius 2 is 1.78 bits per heavy atom. The summed E-state index contributed by atoms with van der Waals surface area (Å²) in [5.74, 6) is -2.43. The molecule has 1 unspecified atom stereocenters. The molecule has 0 spiro atoms. The Balaban J connectivity index is 1.82. The van der Waals surface area contributed by atoms with Crippen LogP contribution in [0.4, 0.5) is 10.1 Å². The molecule has 0 fully saturated rings. The molecule has 142 valence electrons. The standard InChI is InChI=1S/C18H15Cl2FN2O4/c1-10(17(25)23-13-5-3-12(21)4-6-13)27-16(24)9-22-18(26)14-7-2-11(19)8-15(14)20/h2-8,10H,9H2,1H3,(H,22,26)(H,23,25). The van der Waals surface area contributed by atoms with Gasteiger partial charge in [0.15, 0.2) is 6.10 Å². The van der Waals surface area contributed by atoms with Gasteiger partial charge < -0.3 is 15.4 Å². The summed E-state index contributed by atoms with van der Waals surface area (Å²) in [4.78, 5) is 35.8. The van der Waals surface area contributed by atoms with E-state index in [2.05, 4.69) is 10.6 Å². The molecule has 0 aliphatic rings. The molecule has 9 heteroatoms. The molecule has 0 aliphatic heterocycles. The van der Waals surface area contributed by atoms with Crippen LogP contribution in [-0.2, 0) is 14.3 Å². The summed E-state index contributed by atoms with van der Waals surface area (Å²) < 4.78 is 17.8. The van der Waals surface area contributed by atoms with Gasteiger partial charge in [-0.15, -0.1) is 0 Å². The second kappa shape index (κ2) is 9.34. The Labute approximate surface area is 164 Å². The van der Waals surface area contributed by atoms with Crippen LogP contribution in [0.5, 0.6) is 0 Å². The molecule has 0 saturated heterocycles. The molecular formula is C18H15Cl2FN2O4. The van der Waals surface area contributed by atoms with Crippen LogP contribution >= 0.6 is 23.2 Å². The van der Waals surface area contributed by atoms with Crippen molar-refractivity contribution < 1.29 is 23.5 Å². The lowest BCUT2D eigenvalue weighted by atomic mass is 10.2. The first-order valence-corrected chi connectivity index (χ1v) is 8.51. The molecule has 0 heterocycles. The summed E-state index contributed by atoms with van der Waals surface area (Å²) >= 11 is 11.7. The van der Waals surface area contributed by atoms with E-state index in [1.54, 1.807) is 0 Å². The molecule has 0 aliphatic carbocycles. The smallest absolute Gasteiger partial charge is 0.326 e. The first-order chi connectivity index (χ1) is 12.8. The average Bonchev–Trinajstić information content (AvgIpc) is 2.61. The summed E-state index contributed by atoms with van der Waals surface area (Å²) in [6.45, 7) is 0.917. The average molecular weight is 413 g/mol. The van der Waals surface area contributed by atoms with E-state index in [1.165, 1.54) is 49.4 Å². The molecular weight excluding hydrogens is 398 g/mol. The maximum Gasteiger partial charge on any atom is 0.326 e. The quantitative estimate of drug-likeness (QED) is 0.711. The Morgan fingerprint density at radius 3 is 2.41 bits per heavy atom. The zero-order chi connectivity index (χ0) is 20.0. The molecule has 27 heavy (non-hydrogen) atoms. The van der Waals surface area contributed by atoms with Crippen molar-refractivity contribution in [2.45, 2.75) is 13.0 Å². The van der Waals surface area contributed by atoms with Crippen molar-refractivity contribution in [3.8, 4) is 0 Å². The minimum atomic E-state index is -1.11. The number of rotatable bonds is 6. The van der Waals surface area contributed by atoms with Crippen molar-refractivity contribution in [2.24, 2.45) is 0 Å². The predicted octanol–water partition coefficient (Wildman–Crippen LogP) is 3.43. The van der Waals surface area contributed by atoms with E-state index in [0.717, 1.165) is 0 Å². The van der Waals surface area contributed by atoms with Crippen LogP contribution in [-0.4, -0.2) is 30.4 Å². The number of carbonyl (C=O) groups excluding carboxylic acids is 3. The SMILES string of the molecule is CC(OC(=O)CNC(=O)c1ccc(Cl)cc1Cl)C(=O)Nc1ccc(F)cc1. The van der Waals surface area contributed by atoms with E-state index in [0.29, 0.717) is 10.7 Å². The Morgan fingerprint density at radius 1 is 1.11 bits per heavy atom. The van der Waals surface area contributed by atoms with Crippen LogP contribution in [0.1, 0.15) is 17.3 Å². The number of nitrogens with one attached hydrogen (secondary N) is 2. The second-order valence-electron chi connectivity index (χ2n) is 5.44. The number of hydrogen-bond acceptors (Lipinski definition) is 4. The number of anilines is 1. The normalized spacial score (nSPS) is 11.4. The van der Waals surface area contributed by atoms with Gasteiger partial charge in [0.1, 0.15) is 12.4 Å². The van der Waals surface area contributed by atoms with Crippen LogP contribution in [0.15, 0.2) is 42.5 Å². The molecule has 2 amide bonds. The monoisotopic (exact) mass is 412 g/mol. The molecule has 1 atom stereocenters. The van der Waals surface area contributed by atoms with Crippen LogP contribution in [0.25, 0.3) is 0 Å². The van der Waals surface area contributed by atoms with Gasteiger partial charge in [-0.3, -0.25) is 14.4 Å². The first kappa shape index (κ1) is 20.7. The number of esters is 1. The van der Waals surface area contributed by atoms with Crippen molar-refractivity contribution in [1.82, 2.24) is 5.32 Å². The number of carbonyl (C=O) groups is 3. The topological polar surface area (TPSA) is 84.5 Å². The Bertz CT molecular complexity index is 859. The summed E-state index contributed by atoms with van der Waals surface area (Å²) in [7, 11) is 0. The molecule has 0 aromatic heterocycles. The molecule has 2 aromatic carbocycles. The minimum Gasteiger partial charge on any atom is -0.451 e. The Kier molecular flexibility index (Phi) is 7.15. The van der Waals surface area contributed by atoms with Gasteiger partial charge in [0.2, 0.25) is 0 Å². The molecule has 2 aromatic rings. The largest absolute Gasteiger partial charge is 0.451 e. The van der Waals surface area contributed by atoms with Gasteiger partial charge in [0.25, 0.3) is 11.8 Å². The number of amides is 2. The summed E-state index contributed by atoms with van der Waals surface area (Å²) in [6, 6.07) is 9.42. The molecule has 0 saturated carbocycles. The van der Waals surface area contributed by atoms with Crippen molar-refractivity contribution in [2.75, 3.05) is 11.9 Å². The molecule has 2 N–H and O–H groups in total. The highest BCUT2D eigenvalue weighted by Crippen LogP contribution is 2.20. The Hall–Kier alpha value is -2.64. The number of hydrogen-bond donors (Lipinski definition) is 2. The molecule has 6 nitrogen and oxygen atoms in total. The minimum absolute atomic E-state index is 0.139. The highest BCUT2D eigenvalue weighted by Gasteiger charge is 2.19. The third kappa shape index (κ3) is 6.23. The van der Waals surface area contributed by atoms with E-state index >= 15 is 0 Å². The second-order valence-corrected chi connectivity index (χ2v) is 6.28. The fourth-order valence-corrected chi connectivity index (χ4v) is 2.49. The van der Waals surface area contributed by atoms with Gasteiger partial charge in [0, 0.05) is 10.7 Å². The van der Waals surface area contributed by atoms with Crippen molar-refractivity contribution in [3.63, 3.8) is 0 Å². The fourth-order valence-electron chi connectivity index (χ4n) is 1.99. The van der Waals surface area contributed by atoms with Crippen molar-refractivity contribution in [3.05, 3.63) is 63.9 Å². The zero-order valence-electron chi connectivity index (χ0n) is 14.1. The molecule has 0 bridgehead atoms. The van der Waals surface area contributed by atoms with Gasteiger partial charge in [0.05, 0.1) is 10.6 Å². The lowest BCUT2D eigenvalue weighted by molar-refractivity contribution is -0.152. The van der Waals surface area contributed by atoms with E-state index in [-0.39, 0.29) is 10.6 Å². The number of halogens is 3. The summed E-state index contributed by atoms with van der Waals surface area (Å²) in [6.07, 6.45) is -1.11. The first-order valence-electron chi connectivity index (χ1n) is 7.75. The third-order valence-corrected chi connectivity index (χ3v) is 3.91. The van der Waals surface area contributed by atoms with E-state index in [4.69, 9.17) is 27.9 Å². The van der Waals surface area contributed by atoms with Crippen LogP contribution in [0.2, 0.25) is 10.0 Å². The number of benzene rings is 2. The van der Waals surface area contributed by atoms with Crippen LogP contribution < -0.4 is 10.6 Å². The summed E-state index contributed by atoms with van der Waals surface area (Å²) in [5, 5.41) is 5.33. The fraction of sp³-hybridized carbons (Fsp3) is 0.167. The van der Waals surface area contributed by atoms with Crippen LogP contribution in [0, 0.1) is 5.82 Å². The lowest BCUT2D eigenvalue weighted by Gasteiger charge is -2.14. The van der Waals surface area contributed by atoms with Crippen LogP contribution in [0.3, 0.4) is 0 Å². The van der Waals surface area contributed by atoms with Crippen molar-refractivity contribution >= 4 is 46.7 Å². The highest BCUT2D eigenvalue weighted by molar-refractivity contribution is 6.36. The highest BCUT2D eigenvalue weighted by atomic mass is 35.5. The van der Waals surface area contributed by atoms with Gasteiger partial charge >= 0.3 is 5.97 Å². The predicted molar refractivity (Wildman–Crippen MR) is 99.4 cm³/mol. The van der Waals surface area contributed by atoms with Gasteiger partial charge in [-0.1, -0.05) is 23.2 Å². The third-order valence-electron chi connectivity index (χ3n) is 3.36. The van der Waals surface area contributed by atoms with E-state index in [1.807, 2.05) is 0 Å². The van der Waals surface area contributed by atoms with Gasteiger partial charge in [-0.05, 0) is 49.4 Å². The van der Waals surface area contributed by atoms with E-state index in [9.17, 15) is 18.8 Å². The van der Waals surface area contributed by atoms with Gasteiger partial charge in [-0.2, -0.15) is 0 Å². The van der Waals surface area contributed by atoms with Gasteiger partial charge in [-0.25, -0.2) is 4.39 Å². The number of ether oxygens (including phenoxy) is 1. The van der Waals surface area contributed by atoms with E-state index < -0.39 is 36.2 Å². The van der Waals surface area contributed by atoms with Crippen molar-refractivity contribution in [1.29, 1.82) is 0 Å². The lowest BCUT2D eigenvalue weighted by Crippen LogP contribution is -2.35. The maximum atomic E-state index is 12.8. The summed E-state index contributed by atoms with van der Waals surface area (Å²) in [5.41, 5.74) is 0.506. The maximum absolute atomic E-state index is 12.8. The zero-order valence-corrected chi connectivity index (χ0v) is 15.6. The molecule has 0 radical (unpaired) electrons. The molecule has 2 rings (SSSR count).